The summed E-state index contributed by atoms with van der Waals surface area (Å²) >= 11 is 0. The number of H-pyrrole nitrogens is 1. The maximum Gasteiger partial charge on any atom is 0.352 e. The van der Waals surface area contributed by atoms with Crippen LogP contribution in [0.25, 0.3) is 0 Å². The van der Waals surface area contributed by atoms with Crippen molar-refractivity contribution in [2.24, 2.45) is 5.73 Å². The van der Waals surface area contributed by atoms with Crippen molar-refractivity contribution < 1.29 is 18.7 Å². The van der Waals surface area contributed by atoms with Gasteiger partial charge in [-0.15, -0.1) is 0 Å². The second kappa shape index (κ2) is 4.18. The number of carbonyl (C=O) groups is 1. The first-order valence-corrected chi connectivity index (χ1v) is 3.95. The van der Waals surface area contributed by atoms with Gasteiger partial charge in [-0.05, 0) is 11.6 Å². The molecule has 0 radical (unpaired) electrons. The number of alkyl halides is 2. The molecule has 0 aromatic carbocycles. The maximum atomic E-state index is 12.4. The van der Waals surface area contributed by atoms with Crippen molar-refractivity contribution in [2.45, 2.75) is 13.0 Å². The van der Waals surface area contributed by atoms with E-state index in [-0.39, 0.29) is 12.1 Å². The van der Waals surface area contributed by atoms with Crippen LogP contribution < -0.4 is 11.3 Å². The van der Waals surface area contributed by atoms with Crippen LogP contribution in [0.3, 0.4) is 0 Å². The number of hydrogen-bond acceptors (Lipinski definition) is 3. The molecule has 15 heavy (non-hydrogen) atoms. The van der Waals surface area contributed by atoms with E-state index < -0.39 is 29.2 Å². The van der Waals surface area contributed by atoms with Crippen LogP contribution in [-0.2, 0) is 6.54 Å². The Kier molecular flexibility index (Phi) is 3.15. The van der Waals surface area contributed by atoms with Crippen LogP contribution in [-0.4, -0.2) is 16.1 Å². The zero-order valence-corrected chi connectivity index (χ0v) is 7.46. The van der Waals surface area contributed by atoms with Crippen molar-refractivity contribution in [3.63, 3.8) is 0 Å². The first kappa shape index (κ1) is 11.3. The first-order chi connectivity index (χ1) is 6.97. The minimum absolute atomic E-state index is 0.161. The smallest absolute Gasteiger partial charge is 0.352 e. The van der Waals surface area contributed by atoms with Gasteiger partial charge in [0.2, 0.25) is 0 Å². The summed E-state index contributed by atoms with van der Waals surface area (Å²) < 4.78 is 24.8. The fraction of sp³-hybridized carbons (Fsp3) is 0.250. The Balaban J connectivity index is 3.44. The van der Waals surface area contributed by atoms with Crippen molar-refractivity contribution in [1.82, 2.24) is 4.98 Å². The monoisotopic (exact) mass is 218 g/mol. The topological polar surface area (TPSA) is 96.2 Å². The van der Waals surface area contributed by atoms with Crippen molar-refractivity contribution in [3.05, 3.63) is 33.2 Å². The molecule has 0 aliphatic carbocycles. The van der Waals surface area contributed by atoms with Gasteiger partial charge in [0, 0.05) is 6.54 Å². The van der Waals surface area contributed by atoms with Gasteiger partial charge in [-0.3, -0.25) is 4.79 Å². The quantitative estimate of drug-likeness (QED) is 0.687. The molecule has 0 aliphatic heterocycles. The molecule has 0 bridgehead atoms. The van der Waals surface area contributed by atoms with Gasteiger partial charge in [0.15, 0.2) is 0 Å². The zero-order chi connectivity index (χ0) is 11.6. The standard InChI is InChI=1S/C8H8F2N2O3/c9-6(10)5-3(2-11)1-4(8(14)15)12-7(5)13/h1,6H,2,11H2,(H,12,13)(H,14,15). The number of hydrogen-bond donors (Lipinski definition) is 3. The van der Waals surface area contributed by atoms with E-state index in [4.69, 9.17) is 10.8 Å². The summed E-state index contributed by atoms with van der Waals surface area (Å²) in [6.45, 7) is -0.316. The number of pyridine rings is 1. The average molecular weight is 218 g/mol. The molecule has 4 N–H and O–H groups in total. The maximum absolute atomic E-state index is 12.4. The molecule has 1 aromatic rings. The second-order valence-corrected chi connectivity index (χ2v) is 2.76. The van der Waals surface area contributed by atoms with E-state index in [0.717, 1.165) is 6.07 Å². The lowest BCUT2D eigenvalue weighted by atomic mass is 10.1. The van der Waals surface area contributed by atoms with E-state index in [0.29, 0.717) is 0 Å². The molecule has 1 rings (SSSR count). The van der Waals surface area contributed by atoms with Crippen LogP contribution in [0.5, 0.6) is 0 Å². The fourth-order valence-electron chi connectivity index (χ4n) is 1.15. The minimum atomic E-state index is -2.98. The molecule has 7 heteroatoms. The van der Waals surface area contributed by atoms with Crippen LogP contribution in [0, 0.1) is 0 Å². The first-order valence-electron chi connectivity index (χ1n) is 3.95. The highest BCUT2D eigenvalue weighted by atomic mass is 19.3. The number of nitrogens with two attached hydrogens (primary N) is 1. The molecular weight excluding hydrogens is 210 g/mol. The molecule has 1 heterocycles. The normalized spacial score (nSPS) is 10.7. The van der Waals surface area contributed by atoms with Crippen LogP contribution in [0.2, 0.25) is 0 Å². The highest BCUT2D eigenvalue weighted by Crippen LogP contribution is 2.19. The Hall–Kier alpha value is -1.76. The summed E-state index contributed by atoms with van der Waals surface area (Å²) in [4.78, 5) is 23.5. The van der Waals surface area contributed by atoms with Gasteiger partial charge in [0.1, 0.15) is 5.69 Å². The number of carboxylic acids is 1. The molecule has 0 saturated heterocycles. The van der Waals surface area contributed by atoms with Gasteiger partial charge in [-0.25, -0.2) is 13.6 Å². The summed E-state index contributed by atoms with van der Waals surface area (Å²) in [5.41, 5.74) is 2.64. The lowest BCUT2D eigenvalue weighted by Gasteiger charge is -2.06. The molecule has 0 unspecified atom stereocenters. The molecule has 0 amide bonds. The summed E-state index contributed by atoms with van der Waals surface area (Å²) in [6.07, 6.45) is -2.98. The van der Waals surface area contributed by atoms with Gasteiger partial charge in [0.05, 0.1) is 5.56 Å². The number of nitrogens with one attached hydrogen (secondary N) is 1. The second-order valence-electron chi connectivity index (χ2n) is 2.76. The Morgan fingerprint density at radius 2 is 2.20 bits per heavy atom. The molecule has 0 spiro atoms. The van der Waals surface area contributed by atoms with E-state index in [1.165, 1.54) is 0 Å². The Morgan fingerprint density at radius 1 is 1.60 bits per heavy atom. The number of rotatable bonds is 3. The third-order valence-electron chi connectivity index (χ3n) is 1.83. The van der Waals surface area contributed by atoms with Gasteiger partial charge < -0.3 is 15.8 Å². The van der Waals surface area contributed by atoms with Crippen molar-refractivity contribution in [3.8, 4) is 0 Å². The predicted octanol–water partition coefficient (Wildman–Crippen LogP) is 0.469. The van der Waals surface area contributed by atoms with E-state index in [9.17, 15) is 18.4 Å². The summed E-state index contributed by atoms with van der Waals surface area (Å²) in [5.74, 6) is -1.40. The predicted molar refractivity (Wildman–Crippen MR) is 46.9 cm³/mol. The van der Waals surface area contributed by atoms with Crippen LogP contribution >= 0.6 is 0 Å². The number of halogens is 2. The molecule has 5 nitrogen and oxygen atoms in total. The number of aromatic carboxylic acids is 1. The third kappa shape index (κ3) is 2.18. The lowest BCUT2D eigenvalue weighted by molar-refractivity contribution is 0.0689. The number of aromatic nitrogens is 1. The Labute approximate surface area is 82.5 Å². The fourth-order valence-corrected chi connectivity index (χ4v) is 1.15. The average Bonchev–Trinajstić information content (AvgIpc) is 2.15. The van der Waals surface area contributed by atoms with Crippen molar-refractivity contribution in [1.29, 1.82) is 0 Å². The minimum Gasteiger partial charge on any atom is -0.477 e. The van der Waals surface area contributed by atoms with E-state index in [1.54, 1.807) is 0 Å². The summed E-state index contributed by atoms with van der Waals surface area (Å²) in [7, 11) is 0. The highest BCUT2D eigenvalue weighted by Gasteiger charge is 2.19. The van der Waals surface area contributed by atoms with Crippen LogP contribution in [0.15, 0.2) is 10.9 Å². The largest absolute Gasteiger partial charge is 0.477 e. The molecule has 1 aromatic heterocycles. The zero-order valence-electron chi connectivity index (χ0n) is 7.46. The third-order valence-corrected chi connectivity index (χ3v) is 1.83. The summed E-state index contributed by atoms with van der Waals surface area (Å²) in [5, 5.41) is 8.56. The van der Waals surface area contributed by atoms with E-state index in [1.807, 2.05) is 4.98 Å². The molecule has 0 aliphatic rings. The highest BCUT2D eigenvalue weighted by molar-refractivity contribution is 5.85. The SMILES string of the molecule is NCc1cc(C(=O)O)[nH]c(=O)c1C(F)F. The molecule has 82 valence electrons. The van der Waals surface area contributed by atoms with Gasteiger partial charge in [-0.2, -0.15) is 0 Å². The van der Waals surface area contributed by atoms with Crippen LogP contribution in [0.1, 0.15) is 28.0 Å². The van der Waals surface area contributed by atoms with E-state index in [2.05, 4.69) is 0 Å². The van der Waals surface area contributed by atoms with Gasteiger partial charge in [0.25, 0.3) is 12.0 Å². The molecule has 0 saturated carbocycles. The Bertz CT molecular complexity index is 442. The summed E-state index contributed by atoms with van der Waals surface area (Å²) in [6, 6.07) is 0.936. The van der Waals surface area contributed by atoms with Crippen molar-refractivity contribution in [2.75, 3.05) is 0 Å². The van der Waals surface area contributed by atoms with Gasteiger partial charge in [-0.1, -0.05) is 0 Å². The molecule has 0 atom stereocenters. The van der Waals surface area contributed by atoms with Crippen molar-refractivity contribution >= 4 is 5.97 Å². The number of aromatic amines is 1. The Morgan fingerprint density at radius 3 is 2.60 bits per heavy atom. The van der Waals surface area contributed by atoms with Gasteiger partial charge >= 0.3 is 5.97 Å². The molecule has 0 fully saturated rings. The van der Waals surface area contributed by atoms with Crippen LogP contribution in [0.4, 0.5) is 8.78 Å². The van der Waals surface area contributed by atoms with E-state index >= 15 is 0 Å². The lowest BCUT2D eigenvalue weighted by Crippen LogP contribution is -2.21. The molecular formula is C8H8F2N2O3. The number of carboxylic acid groups (broad SMARTS) is 1.